The lowest BCUT2D eigenvalue weighted by Gasteiger charge is -2.34. The number of halogens is 2. The highest BCUT2D eigenvalue weighted by Gasteiger charge is 2.21. The SMILES string of the molecule is COc1ccc(S(=O)(=O)Nc2ccc(C(=O)NCCN3CCN(c4nc5c(C)ccc(Cl)c5s4)CC3)cc2)cc1.Cl. The number of nitrogens with one attached hydrogen (secondary N) is 2. The summed E-state index contributed by atoms with van der Waals surface area (Å²) >= 11 is 8.01. The Morgan fingerprint density at radius 3 is 2.34 bits per heavy atom. The first-order valence-electron chi connectivity index (χ1n) is 12.8. The summed E-state index contributed by atoms with van der Waals surface area (Å²) in [5.74, 6) is 0.367. The molecule has 1 aliphatic heterocycles. The number of carbonyl (C=O) groups excluding carboxylic acids is 1. The minimum Gasteiger partial charge on any atom is -0.497 e. The van der Waals surface area contributed by atoms with Gasteiger partial charge in [0.25, 0.3) is 15.9 Å². The Balaban J connectivity index is 0.00000387. The van der Waals surface area contributed by atoms with Crippen LogP contribution in [0.25, 0.3) is 10.2 Å². The van der Waals surface area contributed by atoms with Gasteiger partial charge in [0.2, 0.25) is 0 Å². The Bertz CT molecular complexity index is 1570. The molecule has 1 aliphatic rings. The van der Waals surface area contributed by atoms with Gasteiger partial charge in [-0.2, -0.15) is 0 Å². The number of fused-ring (bicyclic) bond motifs is 1. The molecule has 1 amide bonds. The average molecular weight is 637 g/mol. The molecule has 1 saturated heterocycles. The zero-order valence-corrected chi connectivity index (χ0v) is 25.8. The van der Waals surface area contributed by atoms with E-state index in [2.05, 4.69) is 19.8 Å². The van der Waals surface area contributed by atoms with Crippen molar-refractivity contribution in [3.63, 3.8) is 0 Å². The molecule has 0 aliphatic carbocycles. The van der Waals surface area contributed by atoms with E-state index >= 15 is 0 Å². The van der Waals surface area contributed by atoms with E-state index in [0.717, 1.165) is 58.7 Å². The van der Waals surface area contributed by atoms with E-state index in [0.29, 0.717) is 23.5 Å². The van der Waals surface area contributed by atoms with Gasteiger partial charge < -0.3 is 15.0 Å². The van der Waals surface area contributed by atoms with Crippen LogP contribution in [0, 0.1) is 6.92 Å². The molecular formula is C28H31Cl2N5O4S2. The number of carbonyl (C=O) groups is 1. The number of aromatic nitrogens is 1. The van der Waals surface area contributed by atoms with E-state index in [1.165, 1.54) is 19.2 Å². The predicted octanol–water partition coefficient (Wildman–Crippen LogP) is 5.04. The highest BCUT2D eigenvalue weighted by atomic mass is 35.5. The van der Waals surface area contributed by atoms with Crippen molar-refractivity contribution in [2.75, 3.05) is 56.0 Å². The van der Waals surface area contributed by atoms with Crippen molar-refractivity contribution in [2.45, 2.75) is 11.8 Å². The van der Waals surface area contributed by atoms with Crippen LogP contribution in [-0.2, 0) is 10.0 Å². The minimum absolute atomic E-state index is 0. The normalized spacial score (nSPS) is 14.0. The van der Waals surface area contributed by atoms with Gasteiger partial charge in [0.15, 0.2) is 5.13 Å². The fourth-order valence-electron chi connectivity index (χ4n) is 4.48. The van der Waals surface area contributed by atoms with Crippen LogP contribution in [-0.4, -0.2) is 70.6 Å². The van der Waals surface area contributed by atoms with Gasteiger partial charge in [-0.3, -0.25) is 14.4 Å². The Morgan fingerprint density at radius 2 is 1.71 bits per heavy atom. The van der Waals surface area contributed by atoms with Crippen molar-refractivity contribution in [3.8, 4) is 5.75 Å². The van der Waals surface area contributed by atoms with Crippen LogP contribution in [0.5, 0.6) is 5.75 Å². The number of anilines is 2. The molecule has 0 unspecified atom stereocenters. The first-order chi connectivity index (χ1) is 19.2. The number of hydrogen-bond donors (Lipinski definition) is 2. The van der Waals surface area contributed by atoms with Crippen LogP contribution in [0.1, 0.15) is 15.9 Å². The van der Waals surface area contributed by atoms with Crippen LogP contribution in [0.4, 0.5) is 10.8 Å². The second-order valence-electron chi connectivity index (χ2n) is 9.48. The van der Waals surface area contributed by atoms with E-state index in [-0.39, 0.29) is 23.2 Å². The summed E-state index contributed by atoms with van der Waals surface area (Å²) in [5.41, 5.74) is 2.93. The van der Waals surface area contributed by atoms with E-state index in [9.17, 15) is 13.2 Å². The zero-order chi connectivity index (χ0) is 28.3. The molecule has 0 saturated carbocycles. The zero-order valence-electron chi connectivity index (χ0n) is 22.6. The highest BCUT2D eigenvalue weighted by Crippen LogP contribution is 2.35. The predicted molar refractivity (Wildman–Crippen MR) is 168 cm³/mol. The third kappa shape index (κ3) is 7.22. The Hall–Kier alpha value is -3.09. The van der Waals surface area contributed by atoms with E-state index < -0.39 is 10.0 Å². The van der Waals surface area contributed by atoms with Gasteiger partial charge in [0.05, 0.1) is 27.2 Å². The topological polar surface area (TPSA) is 104 Å². The van der Waals surface area contributed by atoms with Gasteiger partial charge in [0.1, 0.15) is 5.75 Å². The third-order valence-corrected chi connectivity index (χ3v) is 9.79. The first kappa shape index (κ1) is 30.9. The molecule has 5 rings (SSSR count). The van der Waals surface area contributed by atoms with Gasteiger partial charge in [-0.1, -0.05) is 29.0 Å². The smallest absolute Gasteiger partial charge is 0.261 e. The highest BCUT2D eigenvalue weighted by molar-refractivity contribution is 7.92. The molecular weight excluding hydrogens is 605 g/mol. The molecule has 9 nitrogen and oxygen atoms in total. The average Bonchev–Trinajstić information content (AvgIpc) is 3.43. The Morgan fingerprint density at radius 1 is 1.02 bits per heavy atom. The summed E-state index contributed by atoms with van der Waals surface area (Å²) < 4.78 is 33.9. The van der Waals surface area contributed by atoms with E-state index in [4.69, 9.17) is 21.3 Å². The van der Waals surface area contributed by atoms with Gasteiger partial charge in [-0.05, 0) is 67.1 Å². The molecule has 2 heterocycles. The van der Waals surface area contributed by atoms with Crippen molar-refractivity contribution in [1.82, 2.24) is 15.2 Å². The van der Waals surface area contributed by atoms with Gasteiger partial charge in [-0.15, -0.1) is 12.4 Å². The summed E-state index contributed by atoms with van der Waals surface area (Å²) in [6.07, 6.45) is 0. The number of nitrogens with zero attached hydrogens (tertiary/aromatic N) is 3. The van der Waals surface area contributed by atoms with Gasteiger partial charge in [0, 0.05) is 50.5 Å². The molecule has 0 bridgehead atoms. The number of aryl methyl sites for hydroxylation is 1. The summed E-state index contributed by atoms with van der Waals surface area (Å²) in [4.78, 5) is 22.2. The second kappa shape index (κ2) is 13.3. The number of benzene rings is 3. The van der Waals surface area contributed by atoms with Crippen molar-refractivity contribution in [3.05, 3.63) is 76.8 Å². The molecule has 3 aromatic carbocycles. The summed E-state index contributed by atoms with van der Waals surface area (Å²) in [6.45, 7) is 6.78. The molecule has 1 aromatic heterocycles. The number of amides is 1. The van der Waals surface area contributed by atoms with Crippen molar-refractivity contribution < 1.29 is 17.9 Å². The maximum absolute atomic E-state index is 12.6. The molecule has 1 fully saturated rings. The van der Waals surface area contributed by atoms with Crippen LogP contribution < -0.4 is 19.7 Å². The van der Waals surface area contributed by atoms with Gasteiger partial charge in [-0.25, -0.2) is 13.4 Å². The molecule has 13 heteroatoms. The summed E-state index contributed by atoms with van der Waals surface area (Å²) in [6, 6.07) is 16.4. The van der Waals surface area contributed by atoms with Crippen LogP contribution >= 0.6 is 35.3 Å². The van der Waals surface area contributed by atoms with E-state index in [1.807, 2.05) is 19.1 Å². The van der Waals surface area contributed by atoms with Gasteiger partial charge >= 0.3 is 0 Å². The fourth-order valence-corrected chi connectivity index (χ4v) is 6.90. The molecule has 0 atom stereocenters. The number of hydrogen-bond acceptors (Lipinski definition) is 8. The number of sulfonamides is 1. The van der Waals surface area contributed by atoms with Crippen molar-refractivity contribution >= 4 is 72.3 Å². The van der Waals surface area contributed by atoms with Crippen molar-refractivity contribution in [1.29, 1.82) is 0 Å². The molecule has 41 heavy (non-hydrogen) atoms. The molecule has 0 radical (unpaired) electrons. The number of methoxy groups -OCH3 is 1. The molecule has 4 aromatic rings. The maximum atomic E-state index is 12.6. The van der Waals surface area contributed by atoms with Crippen LogP contribution in [0.15, 0.2) is 65.6 Å². The third-order valence-electron chi connectivity index (χ3n) is 6.81. The molecule has 0 spiro atoms. The quantitative estimate of drug-likeness (QED) is 0.265. The lowest BCUT2D eigenvalue weighted by molar-refractivity contribution is 0.0948. The number of thiazole rings is 1. The number of piperazine rings is 1. The van der Waals surface area contributed by atoms with Crippen molar-refractivity contribution in [2.24, 2.45) is 0 Å². The second-order valence-corrected chi connectivity index (χ2v) is 12.5. The molecule has 218 valence electrons. The van der Waals surface area contributed by atoms with E-state index in [1.54, 1.807) is 47.7 Å². The molecule has 2 N–H and O–H groups in total. The van der Waals surface area contributed by atoms with Crippen LogP contribution in [0.2, 0.25) is 5.02 Å². The van der Waals surface area contributed by atoms with Crippen LogP contribution in [0.3, 0.4) is 0 Å². The summed E-state index contributed by atoms with van der Waals surface area (Å²) in [5, 5.41) is 4.69. The standard InChI is InChI=1S/C28H30ClN5O4S2.ClH/c1-19-3-12-24(29)26-25(19)31-28(39-26)34-17-15-33(16-18-34)14-13-30-27(35)20-4-6-21(7-5-20)32-40(36,37)23-10-8-22(38-2)9-11-23;/h3-12,32H,13-18H2,1-2H3,(H,30,35);1H. The number of rotatable bonds is 9. The lowest BCUT2D eigenvalue weighted by atomic mass is 10.2. The monoisotopic (exact) mass is 635 g/mol. The lowest BCUT2D eigenvalue weighted by Crippen LogP contribution is -2.48. The maximum Gasteiger partial charge on any atom is 0.261 e. The summed E-state index contributed by atoms with van der Waals surface area (Å²) in [7, 11) is -2.24. The Labute approximate surface area is 254 Å². The minimum atomic E-state index is -3.75. The fraction of sp³-hybridized carbons (Fsp3) is 0.286. The Kier molecular flexibility index (Phi) is 9.98. The largest absolute Gasteiger partial charge is 0.497 e. The first-order valence-corrected chi connectivity index (χ1v) is 15.5. The number of ether oxygens (including phenoxy) is 1.